The zero-order valence-corrected chi connectivity index (χ0v) is 18.3. The molecule has 0 bridgehead atoms. The summed E-state index contributed by atoms with van der Waals surface area (Å²) in [4.78, 5) is 33.9. The molecule has 2 fully saturated rings. The van der Waals surface area contributed by atoms with E-state index in [-0.39, 0.29) is 17.4 Å². The Morgan fingerprint density at radius 2 is 1.64 bits per heavy atom. The Hall–Kier alpha value is -3.61. The van der Waals surface area contributed by atoms with E-state index in [1.54, 1.807) is 30.6 Å². The summed E-state index contributed by atoms with van der Waals surface area (Å²) in [6.07, 6.45) is 6.49. The minimum absolute atomic E-state index is 0.0113. The number of hydrogen-bond acceptors (Lipinski definition) is 5. The molecule has 0 N–H and O–H groups in total. The second kappa shape index (κ2) is 9.10. The van der Waals surface area contributed by atoms with Gasteiger partial charge < -0.3 is 9.64 Å². The van der Waals surface area contributed by atoms with Gasteiger partial charge in [-0.2, -0.15) is 0 Å². The average molecular weight is 440 g/mol. The van der Waals surface area contributed by atoms with E-state index >= 15 is 0 Å². The molecule has 2 aliphatic heterocycles. The zero-order chi connectivity index (χ0) is 22.7. The molecule has 6 heteroatoms. The minimum Gasteiger partial charge on any atom is -0.374 e. The quantitative estimate of drug-likeness (QED) is 0.433. The third kappa shape index (κ3) is 4.23. The molecule has 2 aromatic carbocycles. The van der Waals surface area contributed by atoms with Gasteiger partial charge in [0.05, 0.1) is 13.2 Å². The number of nitrogens with zero attached hydrogens (tertiary/aromatic N) is 3. The molecule has 166 valence electrons. The van der Waals surface area contributed by atoms with Gasteiger partial charge in [0.25, 0.3) is 5.91 Å². The minimum atomic E-state index is -0.373. The number of hydrogen-bond donors (Lipinski definition) is 0. The fourth-order valence-electron chi connectivity index (χ4n) is 4.43. The van der Waals surface area contributed by atoms with Gasteiger partial charge in [-0.05, 0) is 41.5 Å². The fourth-order valence-corrected chi connectivity index (χ4v) is 4.43. The van der Waals surface area contributed by atoms with E-state index in [4.69, 9.17) is 4.74 Å². The summed E-state index contributed by atoms with van der Waals surface area (Å²) in [5, 5.41) is 0. The number of aromatic nitrogens is 1. The fraction of sp³-hybridized carbons (Fsp3) is 0.222. The number of ketones is 1. The first kappa shape index (κ1) is 21.2. The molecule has 2 saturated heterocycles. The second-order valence-electron chi connectivity index (χ2n) is 8.39. The van der Waals surface area contributed by atoms with Crippen molar-refractivity contribution in [2.24, 2.45) is 0 Å². The number of carbonyl (C=O) groups is 2. The van der Waals surface area contributed by atoms with E-state index in [1.807, 2.05) is 47.4 Å². The number of benzene rings is 2. The van der Waals surface area contributed by atoms with Crippen LogP contribution in [0.25, 0.3) is 6.08 Å². The lowest BCUT2D eigenvalue weighted by Gasteiger charge is -2.49. The van der Waals surface area contributed by atoms with Crippen LogP contribution in [0.5, 0.6) is 0 Å². The third-order valence-corrected chi connectivity index (χ3v) is 6.36. The lowest BCUT2D eigenvalue weighted by molar-refractivity contribution is -0.176. The van der Waals surface area contributed by atoms with E-state index in [0.29, 0.717) is 30.9 Å². The van der Waals surface area contributed by atoms with E-state index in [2.05, 4.69) is 22.0 Å². The Labute approximate surface area is 193 Å². The van der Waals surface area contributed by atoms with Gasteiger partial charge in [0.15, 0.2) is 5.78 Å². The SMILES string of the molecule is O=C(/C=C/c1ccc(C(=O)N2CCN(Cc3ccccc3)C23COC3)cc1)c1ccncc1. The van der Waals surface area contributed by atoms with Crippen molar-refractivity contribution in [1.82, 2.24) is 14.8 Å². The van der Waals surface area contributed by atoms with Crippen molar-refractivity contribution in [2.75, 3.05) is 26.3 Å². The van der Waals surface area contributed by atoms with E-state index in [0.717, 1.165) is 18.7 Å². The highest BCUT2D eigenvalue weighted by Crippen LogP contribution is 2.36. The van der Waals surface area contributed by atoms with Crippen molar-refractivity contribution in [2.45, 2.75) is 12.2 Å². The molecule has 0 radical (unpaired) electrons. The lowest BCUT2D eigenvalue weighted by atomic mass is 10.0. The number of pyridine rings is 1. The predicted octanol–water partition coefficient (Wildman–Crippen LogP) is 3.66. The molecule has 3 aromatic rings. The number of rotatable bonds is 6. The highest BCUT2D eigenvalue weighted by molar-refractivity contribution is 6.06. The second-order valence-corrected chi connectivity index (χ2v) is 8.39. The van der Waals surface area contributed by atoms with Crippen LogP contribution in [-0.2, 0) is 11.3 Å². The standard InChI is InChI=1S/C27H25N3O3/c31-25(23-12-14-28-15-13-23)11-8-21-6-9-24(10-7-21)26(32)30-17-16-29(27(30)19-33-20-27)18-22-4-2-1-3-5-22/h1-15H,16-20H2/b11-8+. The molecule has 3 heterocycles. The van der Waals surface area contributed by atoms with Crippen molar-refractivity contribution in [1.29, 1.82) is 0 Å². The summed E-state index contributed by atoms with van der Waals surface area (Å²) in [6.45, 7) is 3.36. The van der Waals surface area contributed by atoms with Crippen LogP contribution < -0.4 is 0 Å². The van der Waals surface area contributed by atoms with Crippen molar-refractivity contribution in [3.8, 4) is 0 Å². The molecule has 0 aliphatic carbocycles. The summed E-state index contributed by atoms with van der Waals surface area (Å²) in [5.74, 6) is -0.0719. The van der Waals surface area contributed by atoms with Crippen LogP contribution in [0.15, 0.2) is 85.2 Å². The van der Waals surface area contributed by atoms with Gasteiger partial charge in [-0.3, -0.25) is 19.5 Å². The Kier molecular flexibility index (Phi) is 5.86. The van der Waals surface area contributed by atoms with Crippen LogP contribution >= 0.6 is 0 Å². The van der Waals surface area contributed by atoms with Crippen molar-refractivity contribution in [3.63, 3.8) is 0 Å². The highest BCUT2D eigenvalue weighted by Gasteiger charge is 2.54. The van der Waals surface area contributed by atoms with Gasteiger partial charge in [-0.15, -0.1) is 0 Å². The molecule has 0 atom stereocenters. The molecular formula is C27H25N3O3. The monoisotopic (exact) mass is 439 g/mol. The summed E-state index contributed by atoms with van der Waals surface area (Å²) in [6, 6.07) is 21.1. The van der Waals surface area contributed by atoms with Gasteiger partial charge in [-0.25, -0.2) is 0 Å². The Bertz CT molecular complexity index is 1160. The first-order valence-corrected chi connectivity index (χ1v) is 11.1. The largest absolute Gasteiger partial charge is 0.374 e. The van der Waals surface area contributed by atoms with Gasteiger partial charge in [0, 0.05) is 43.2 Å². The van der Waals surface area contributed by atoms with Crippen LogP contribution in [-0.4, -0.2) is 58.4 Å². The maximum absolute atomic E-state index is 13.4. The summed E-state index contributed by atoms with van der Waals surface area (Å²) < 4.78 is 5.57. The number of amides is 1. The third-order valence-electron chi connectivity index (χ3n) is 6.36. The summed E-state index contributed by atoms with van der Waals surface area (Å²) in [7, 11) is 0. The first-order valence-electron chi connectivity index (χ1n) is 11.1. The summed E-state index contributed by atoms with van der Waals surface area (Å²) in [5.41, 5.74) is 2.96. The molecule has 5 rings (SSSR count). The van der Waals surface area contributed by atoms with Crippen LogP contribution in [0.4, 0.5) is 0 Å². The van der Waals surface area contributed by atoms with Crippen LogP contribution in [0.2, 0.25) is 0 Å². The van der Waals surface area contributed by atoms with Gasteiger partial charge in [-0.1, -0.05) is 48.5 Å². The van der Waals surface area contributed by atoms with Crippen LogP contribution in [0, 0.1) is 0 Å². The lowest BCUT2D eigenvalue weighted by Crippen LogP contribution is -2.67. The van der Waals surface area contributed by atoms with Gasteiger partial charge in [0.1, 0.15) is 5.66 Å². The topological polar surface area (TPSA) is 62.7 Å². The average Bonchev–Trinajstić information content (AvgIpc) is 3.23. The molecule has 0 saturated carbocycles. The van der Waals surface area contributed by atoms with Crippen LogP contribution in [0.3, 0.4) is 0 Å². The van der Waals surface area contributed by atoms with Crippen LogP contribution in [0.1, 0.15) is 31.8 Å². The highest BCUT2D eigenvalue weighted by atomic mass is 16.5. The summed E-state index contributed by atoms with van der Waals surface area (Å²) >= 11 is 0. The zero-order valence-electron chi connectivity index (χ0n) is 18.3. The maximum atomic E-state index is 13.4. The predicted molar refractivity (Wildman–Crippen MR) is 125 cm³/mol. The molecule has 2 aliphatic rings. The Morgan fingerprint density at radius 3 is 2.30 bits per heavy atom. The van der Waals surface area contributed by atoms with Crippen molar-refractivity contribution in [3.05, 3.63) is 107 Å². The molecule has 0 unspecified atom stereocenters. The number of carbonyl (C=O) groups excluding carboxylic acids is 2. The molecule has 33 heavy (non-hydrogen) atoms. The first-order chi connectivity index (χ1) is 16.2. The Balaban J connectivity index is 1.27. The van der Waals surface area contributed by atoms with Gasteiger partial charge >= 0.3 is 0 Å². The smallest absolute Gasteiger partial charge is 0.255 e. The van der Waals surface area contributed by atoms with Crippen molar-refractivity contribution < 1.29 is 14.3 Å². The van der Waals surface area contributed by atoms with Crippen molar-refractivity contribution >= 4 is 17.8 Å². The molecule has 1 amide bonds. The molecule has 1 aromatic heterocycles. The maximum Gasteiger partial charge on any atom is 0.255 e. The van der Waals surface area contributed by atoms with E-state index < -0.39 is 0 Å². The van der Waals surface area contributed by atoms with Gasteiger partial charge in [0.2, 0.25) is 0 Å². The van der Waals surface area contributed by atoms with E-state index in [1.165, 1.54) is 11.6 Å². The number of allylic oxidation sites excluding steroid dienone is 1. The molecular weight excluding hydrogens is 414 g/mol. The number of ether oxygens (including phenoxy) is 1. The van der Waals surface area contributed by atoms with E-state index in [9.17, 15) is 9.59 Å². The molecule has 6 nitrogen and oxygen atoms in total. The Morgan fingerprint density at radius 1 is 0.909 bits per heavy atom. The normalized spacial score (nSPS) is 17.4. The molecule has 1 spiro atoms.